The molecule has 1 aliphatic rings. The second-order valence-electron chi connectivity index (χ2n) is 8.43. The Labute approximate surface area is 209 Å². The van der Waals surface area contributed by atoms with Gasteiger partial charge < -0.3 is 9.15 Å². The number of anilines is 1. The van der Waals surface area contributed by atoms with Crippen LogP contribution in [0.3, 0.4) is 0 Å². The highest BCUT2D eigenvalue weighted by atomic mass is 16.5. The van der Waals surface area contributed by atoms with Crippen LogP contribution >= 0.6 is 0 Å². The van der Waals surface area contributed by atoms with Crippen molar-refractivity contribution in [3.8, 4) is 11.3 Å². The second kappa shape index (κ2) is 9.92. The summed E-state index contributed by atoms with van der Waals surface area (Å²) < 4.78 is 10.8. The number of ether oxygens (including phenoxy) is 1. The van der Waals surface area contributed by atoms with Gasteiger partial charge in [-0.1, -0.05) is 61.5 Å². The predicted octanol–water partition coefficient (Wildman–Crippen LogP) is 6.77. The van der Waals surface area contributed by atoms with Gasteiger partial charge in [0.1, 0.15) is 11.5 Å². The first-order valence-electron chi connectivity index (χ1n) is 11.8. The van der Waals surface area contributed by atoms with Crippen LogP contribution < -0.4 is 4.90 Å². The lowest BCUT2D eigenvalue weighted by Gasteiger charge is -2.21. The van der Waals surface area contributed by atoms with Gasteiger partial charge in [0.25, 0.3) is 5.91 Å². The molecule has 5 heteroatoms. The standard InChI is InChI=1S/C31H25NO4/c1-3-21-9-15-26(16-10-21)32-28(22-7-5-4-6-8-22)20-25(30(32)33)19-27-17-18-29(36-27)23-11-13-24(14-12-23)31(34)35-2/h4-20H,3H2,1-2H3/b25-19+. The third-order valence-electron chi connectivity index (χ3n) is 6.17. The zero-order chi connectivity index (χ0) is 25.1. The van der Waals surface area contributed by atoms with E-state index in [1.165, 1.54) is 12.7 Å². The van der Waals surface area contributed by atoms with Crippen molar-refractivity contribution in [3.63, 3.8) is 0 Å². The van der Waals surface area contributed by atoms with E-state index in [0.717, 1.165) is 28.9 Å². The lowest BCUT2D eigenvalue weighted by Crippen LogP contribution is -2.24. The van der Waals surface area contributed by atoms with Crippen LogP contribution in [0.5, 0.6) is 0 Å². The minimum absolute atomic E-state index is 0.113. The van der Waals surface area contributed by atoms with Gasteiger partial charge in [-0.05, 0) is 66.1 Å². The van der Waals surface area contributed by atoms with Crippen LogP contribution in [0.15, 0.2) is 107 Å². The van der Waals surface area contributed by atoms with Crippen LogP contribution in [-0.4, -0.2) is 19.0 Å². The van der Waals surface area contributed by atoms with Crippen molar-refractivity contribution in [2.45, 2.75) is 13.3 Å². The average molecular weight is 476 g/mol. The second-order valence-corrected chi connectivity index (χ2v) is 8.43. The first-order valence-corrected chi connectivity index (χ1v) is 11.8. The fraction of sp³-hybridized carbons (Fsp3) is 0.0968. The largest absolute Gasteiger partial charge is 0.465 e. The Morgan fingerprint density at radius 2 is 1.61 bits per heavy atom. The number of hydrogen-bond donors (Lipinski definition) is 0. The van der Waals surface area contributed by atoms with Gasteiger partial charge in [-0.3, -0.25) is 9.69 Å². The normalized spacial score (nSPS) is 14.3. The Balaban J connectivity index is 1.47. The van der Waals surface area contributed by atoms with Gasteiger partial charge in [0, 0.05) is 16.8 Å². The van der Waals surface area contributed by atoms with Gasteiger partial charge in [0.05, 0.1) is 18.4 Å². The highest BCUT2D eigenvalue weighted by Gasteiger charge is 2.30. The Morgan fingerprint density at radius 1 is 0.889 bits per heavy atom. The lowest BCUT2D eigenvalue weighted by atomic mass is 10.1. The molecule has 5 rings (SSSR count). The van der Waals surface area contributed by atoms with E-state index in [0.29, 0.717) is 22.7 Å². The number of carbonyl (C=O) groups is 2. The molecule has 0 radical (unpaired) electrons. The van der Waals surface area contributed by atoms with Crippen LogP contribution in [0.1, 0.15) is 34.2 Å². The molecular weight excluding hydrogens is 450 g/mol. The fourth-order valence-corrected chi connectivity index (χ4v) is 4.20. The van der Waals surface area contributed by atoms with Crippen molar-refractivity contribution >= 4 is 29.3 Å². The number of hydrogen-bond acceptors (Lipinski definition) is 4. The molecule has 2 heterocycles. The molecule has 0 saturated carbocycles. The monoisotopic (exact) mass is 475 g/mol. The topological polar surface area (TPSA) is 59.8 Å². The molecule has 0 saturated heterocycles. The average Bonchev–Trinajstić information content (AvgIpc) is 3.53. The SMILES string of the molecule is CCc1ccc(N2C(=O)/C(=C/c3ccc(-c4ccc(C(=O)OC)cc4)o3)C=C2c2ccccc2)cc1. The first kappa shape index (κ1) is 23.1. The summed E-state index contributed by atoms with van der Waals surface area (Å²) >= 11 is 0. The smallest absolute Gasteiger partial charge is 0.337 e. The summed E-state index contributed by atoms with van der Waals surface area (Å²) in [5.41, 5.74) is 5.65. The summed E-state index contributed by atoms with van der Waals surface area (Å²) in [6, 6.07) is 28.6. The van der Waals surface area contributed by atoms with Crippen molar-refractivity contribution in [2.24, 2.45) is 0 Å². The molecule has 0 atom stereocenters. The third kappa shape index (κ3) is 4.51. The van der Waals surface area contributed by atoms with Gasteiger partial charge in [-0.15, -0.1) is 0 Å². The van der Waals surface area contributed by atoms with Crippen LogP contribution in [0.2, 0.25) is 0 Å². The number of furan rings is 1. The Kier molecular flexibility index (Phi) is 6.37. The number of nitrogens with zero attached hydrogens (tertiary/aromatic N) is 1. The quantitative estimate of drug-likeness (QED) is 0.228. The van der Waals surface area contributed by atoms with Gasteiger partial charge in [0.2, 0.25) is 0 Å². The number of benzene rings is 3. The van der Waals surface area contributed by atoms with Crippen LogP contribution in [0.25, 0.3) is 23.1 Å². The molecule has 0 aliphatic carbocycles. The summed E-state index contributed by atoms with van der Waals surface area (Å²) in [5, 5.41) is 0. The number of amides is 1. The molecule has 0 spiro atoms. The maximum absolute atomic E-state index is 13.6. The van der Waals surface area contributed by atoms with Crippen molar-refractivity contribution in [1.82, 2.24) is 0 Å². The summed E-state index contributed by atoms with van der Waals surface area (Å²) in [6.07, 6.45) is 4.60. The third-order valence-corrected chi connectivity index (χ3v) is 6.17. The molecule has 36 heavy (non-hydrogen) atoms. The Bertz CT molecular complexity index is 1460. The van der Waals surface area contributed by atoms with Crippen LogP contribution in [-0.2, 0) is 16.0 Å². The molecule has 1 aliphatic heterocycles. The fourth-order valence-electron chi connectivity index (χ4n) is 4.20. The molecule has 0 N–H and O–H groups in total. The highest BCUT2D eigenvalue weighted by molar-refractivity contribution is 6.23. The van der Waals surface area contributed by atoms with Crippen molar-refractivity contribution in [3.05, 3.63) is 125 Å². The van der Waals surface area contributed by atoms with E-state index in [-0.39, 0.29) is 11.9 Å². The lowest BCUT2D eigenvalue weighted by molar-refractivity contribution is -0.113. The molecule has 0 fully saturated rings. The van der Waals surface area contributed by atoms with E-state index in [9.17, 15) is 9.59 Å². The molecule has 178 valence electrons. The van der Waals surface area contributed by atoms with E-state index in [1.54, 1.807) is 35.2 Å². The summed E-state index contributed by atoms with van der Waals surface area (Å²) in [5.74, 6) is 0.708. The van der Waals surface area contributed by atoms with E-state index in [4.69, 9.17) is 9.15 Å². The van der Waals surface area contributed by atoms with E-state index in [2.05, 4.69) is 19.1 Å². The van der Waals surface area contributed by atoms with E-state index < -0.39 is 0 Å². The van der Waals surface area contributed by atoms with Crippen molar-refractivity contribution < 1.29 is 18.7 Å². The molecule has 5 nitrogen and oxygen atoms in total. The molecular formula is C31H25NO4. The van der Waals surface area contributed by atoms with Gasteiger partial charge in [-0.25, -0.2) is 4.79 Å². The van der Waals surface area contributed by atoms with E-state index in [1.807, 2.05) is 60.7 Å². The zero-order valence-corrected chi connectivity index (χ0v) is 20.1. The van der Waals surface area contributed by atoms with E-state index >= 15 is 0 Å². The Hall–Kier alpha value is -4.64. The molecule has 1 amide bonds. The van der Waals surface area contributed by atoms with Gasteiger partial charge >= 0.3 is 5.97 Å². The minimum Gasteiger partial charge on any atom is -0.465 e. The summed E-state index contributed by atoms with van der Waals surface area (Å²) in [7, 11) is 1.35. The van der Waals surface area contributed by atoms with Gasteiger partial charge in [0.15, 0.2) is 0 Å². The molecule has 3 aromatic carbocycles. The first-order chi connectivity index (χ1) is 17.6. The molecule has 4 aromatic rings. The van der Waals surface area contributed by atoms with Crippen LogP contribution in [0.4, 0.5) is 5.69 Å². The Morgan fingerprint density at radius 3 is 2.28 bits per heavy atom. The molecule has 1 aromatic heterocycles. The minimum atomic E-state index is -0.388. The maximum atomic E-state index is 13.6. The number of carbonyl (C=O) groups excluding carboxylic acids is 2. The highest BCUT2D eigenvalue weighted by Crippen LogP contribution is 2.36. The summed E-state index contributed by atoms with van der Waals surface area (Å²) in [6.45, 7) is 2.11. The molecule has 0 unspecified atom stereocenters. The summed E-state index contributed by atoms with van der Waals surface area (Å²) in [4.78, 5) is 27.0. The maximum Gasteiger partial charge on any atom is 0.337 e. The zero-order valence-electron chi connectivity index (χ0n) is 20.1. The number of aryl methyl sites for hydroxylation is 1. The predicted molar refractivity (Wildman–Crippen MR) is 141 cm³/mol. The van der Waals surface area contributed by atoms with Crippen molar-refractivity contribution in [1.29, 1.82) is 0 Å². The number of esters is 1. The number of rotatable bonds is 6. The molecule has 0 bridgehead atoms. The van der Waals surface area contributed by atoms with Crippen molar-refractivity contribution in [2.75, 3.05) is 12.0 Å². The van der Waals surface area contributed by atoms with Crippen LogP contribution in [0, 0.1) is 0 Å². The van der Waals surface area contributed by atoms with Gasteiger partial charge in [-0.2, -0.15) is 0 Å². The number of methoxy groups -OCH3 is 1.